The van der Waals surface area contributed by atoms with Crippen LogP contribution in [-0.4, -0.2) is 5.11 Å². The van der Waals surface area contributed by atoms with Crippen molar-refractivity contribution in [2.45, 2.75) is 24.7 Å². The third-order valence-corrected chi connectivity index (χ3v) is 3.85. The Morgan fingerprint density at radius 2 is 2.16 bits per heavy atom. The van der Waals surface area contributed by atoms with Crippen molar-refractivity contribution in [1.29, 1.82) is 0 Å². The highest BCUT2D eigenvalue weighted by molar-refractivity contribution is 7.97. The van der Waals surface area contributed by atoms with Gasteiger partial charge in [0, 0.05) is 10.6 Å². The van der Waals surface area contributed by atoms with E-state index in [2.05, 4.69) is 54.1 Å². The van der Waals surface area contributed by atoms with Crippen LogP contribution in [0.25, 0.3) is 0 Å². The van der Waals surface area contributed by atoms with Crippen LogP contribution < -0.4 is 4.72 Å². The van der Waals surface area contributed by atoms with E-state index in [1.807, 2.05) is 0 Å². The summed E-state index contributed by atoms with van der Waals surface area (Å²) in [5.41, 5.74) is 2.41. The first-order valence-electron chi connectivity index (χ1n) is 6.45. The van der Waals surface area contributed by atoms with Crippen molar-refractivity contribution >= 4 is 11.9 Å². The van der Waals surface area contributed by atoms with Gasteiger partial charge in [-0.15, -0.1) is 0 Å². The molecular weight excluding hydrogens is 254 g/mol. The minimum absolute atomic E-state index is 0.467. The second-order valence-electron chi connectivity index (χ2n) is 4.66. The Kier molecular flexibility index (Phi) is 5.16. The molecule has 2 nitrogen and oxygen atoms in total. The molecular formula is C16H19NOS. The first kappa shape index (κ1) is 13.8. The van der Waals surface area contributed by atoms with Gasteiger partial charge in [-0.2, -0.15) is 0 Å². The number of hydrogen-bond acceptors (Lipinski definition) is 3. The molecule has 0 amide bonds. The molecule has 0 spiro atoms. The molecule has 100 valence electrons. The number of hydrogen-bond donors (Lipinski definition) is 2. The summed E-state index contributed by atoms with van der Waals surface area (Å²) >= 11 is 1.62. The van der Waals surface area contributed by atoms with Crippen LogP contribution in [0, 0.1) is 12.8 Å². The van der Waals surface area contributed by atoms with E-state index in [1.54, 1.807) is 18.0 Å². The van der Waals surface area contributed by atoms with E-state index >= 15 is 0 Å². The quantitative estimate of drug-likeness (QED) is 0.611. The van der Waals surface area contributed by atoms with Gasteiger partial charge in [0.1, 0.15) is 0 Å². The van der Waals surface area contributed by atoms with Crippen molar-refractivity contribution in [3.63, 3.8) is 0 Å². The lowest BCUT2D eigenvalue weighted by molar-refractivity contribution is 0.468. The lowest BCUT2D eigenvalue weighted by Crippen LogP contribution is -2.08. The summed E-state index contributed by atoms with van der Waals surface area (Å²) < 4.78 is 3.37. The number of nitrogens with one attached hydrogen (secondary N) is 1. The Balaban J connectivity index is 1.89. The van der Waals surface area contributed by atoms with Crippen LogP contribution in [0.3, 0.4) is 0 Å². The third kappa shape index (κ3) is 4.52. The number of aliphatic hydroxyl groups excluding tert-OH is 1. The molecule has 1 unspecified atom stereocenters. The minimum atomic E-state index is 0.467. The molecule has 1 aromatic rings. The highest BCUT2D eigenvalue weighted by atomic mass is 32.2. The Hall–Kier alpha value is -1.61. The maximum Gasteiger partial charge on any atom is 0.0751 e. The van der Waals surface area contributed by atoms with Crippen molar-refractivity contribution in [2.75, 3.05) is 0 Å². The van der Waals surface area contributed by atoms with Crippen LogP contribution in [0.5, 0.6) is 0 Å². The fourth-order valence-electron chi connectivity index (χ4n) is 1.94. The van der Waals surface area contributed by atoms with E-state index in [0.29, 0.717) is 5.92 Å². The standard InChI is InChI=1S/C16H19NOS/c1-13-7-9-16(10-8-13)19-17-15-6-2-4-14(12-15)5-3-11-18/h2-3,6-12,14,17-18H,4-5H2,1H3/b11-3+. The smallest absolute Gasteiger partial charge is 0.0751 e. The van der Waals surface area contributed by atoms with Crippen LogP contribution in [0.4, 0.5) is 0 Å². The van der Waals surface area contributed by atoms with Crippen LogP contribution in [-0.2, 0) is 0 Å². The van der Waals surface area contributed by atoms with E-state index in [-0.39, 0.29) is 0 Å². The average molecular weight is 273 g/mol. The van der Waals surface area contributed by atoms with Gasteiger partial charge in [0.25, 0.3) is 0 Å². The van der Waals surface area contributed by atoms with Gasteiger partial charge in [-0.25, -0.2) is 0 Å². The molecule has 3 heteroatoms. The molecule has 0 bridgehead atoms. The maximum absolute atomic E-state index is 8.70. The molecule has 1 atom stereocenters. The summed E-state index contributed by atoms with van der Waals surface area (Å²) in [6.45, 7) is 2.09. The van der Waals surface area contributed by atoms with Gasteiger partial charge in [0.2, 0.25) is 0 Å². The van der Waals surface area contributed by atoms with Crippen LogP contribution in [0.2, 0.25) is 0 Å². The molecule has 2 rings (SSSR count). The van der Waals surface area contributed by atoms with Crippen molar-refractivity contribution in [3.05, 3.63) is 66.1 Å². The van der Waals surface area contributed by atoms with E-state index in [4.69, 9.17) is 5.11 Å². The summed E-state index contributed by atoms with van der Waals surface area (Å²) in [5.74, 6) is 0.467. The second kappa shape index (κ2) is 7.10. The van der Waals surface area contributed by atoms with Gasteiger partial charge in [-0.3, -0.25) is 0 Å². The second-order valence-corrected chi connectivity index (χ2v) is 5.54. The van der Waals surface area contributed by atoms with E-state index in [9.17, 15) is 0 Å². The summed E-state index contributed by atoms with van der Waals surface area (Å²) in [5, 5.41) is 8.70. The molecule has 1 aliphatic carbocycles. The lowest BCUT2D eigenvalue weighted by Gasteiger charge is -2.16. The normalized spacial score (nSPS) is 18.6. The summed E-state index contributed by atoms with van der Waals surface area (Å²) in [4.78, 5) is 1.21. The number of allylic oxidation sites excluding steroid dienone is 4. The van der Waals surface area contributed by atoms with Crippen molar-refractivity contribution in [2.24, 2.45) is 5.92 Å². The van der Waals surface area contributed by atoms with Gasteiger partial charge >= 0.3 is 0 Å². The Bertz CT molecular complexity index is 488. The molecule has 0 saturated carbocycles. The summed E-state index contributed by atoms with van der Waals surface area (Å²) in [6, 6.07) is 8.46. The van der Waals surface area contributed by atoms with Crippen molar-refractivity contribution in [1.82, 2.24) is 4.72 Å². The summed E-state index contributed by atoms with van der Waals surface area (Å²) in [6.07, 6.45) is 11.3. The van der Waals surface area contributed by atoms with Crippen molar-refractivity contribution in [3.8, 4) is 0 Å². The molecule has 0 fully saturated rings. The lowest BCUT2D eigenvalue weighted by atomic mass is 9.96. The van der Waals surface area contributed by atoms with Gasteiger partial charge in [0.15, 0.2) is 0 Å². The van der Waals surface area contributed by atoms with E-state index in [0.717, 1.165) is 24.8 Å². The van der Waals surface area contributed by atoms with Crippen molar-refractivity contribution < 1.29 is 5.11 Å². The zero-order valence-electron chi connectivity index (χ0n) is 11.0. The Morgan fingerprint density at radius 3 is 2.89 bits per heavy atom. The fourth-order valence-corrected chi connectivity index (χ4v) is 2.58. The highest BCUT2D eigenvalue weighted by Crippen LogP contribution is 2.22. The molecule has 0 radical (unpaired) electrons. The number of aryl methyl sites for hydroxylation is 1. The molecule has 0 saturated heterocycles. The molecule has 19 heavy (non-hydrogen) atoms. The highest BCUT2D eigenvalue weighted by Gasteiger charge is 2.08. The molecule has 2 N–H and O–H groups in total. The van der Waals surface area contributed by atoms with Crippen LogP contribution in [0.15, 0.2) is 65.4 Å². The largest absolute Gasteiger partial charge is 0.516 e. The maximum atomic E-state index is 8.70. The molecule has 1 aromatic carbocycles. The van der Waals surface area contributed by atoms with Gasteiger partial charge in [-0.1, -0.05) is 29.8 Å². The fraction of sp³-hybridized carbons (Fsp3) is 0.250. The van der Waals surface area contributed by atoms with Gasteiger partial charge in [-0.05, 0) is 61.9 Å². The van der Waals surface area contributed by atoms with E-state index < -0.39 is 0 Å². The minimum Gasteiger partial charge on any atom is -0.516 e. The Labute approximate surface area is 119 Å². The molecule has 1 aliphatic rings. The average Bonchev–Trinajstić information content (AvgIpc) is 2.45. The SMILES string of the molecule is Cc1ccc(SNC2=CC(C/C=C/O)CC=C2)cc1. The van der Waals surface area contributed by atoms with Crippen LogP contribution in [0.1, 0.15) is 18.4 Å². The van der Waals surface area contributed by atoms with Gasteiger partial charge < -0.3 is 9.83 Å². The summed E-state index contributed by atoms with van der Waals surface area (Å²) in [7, 11) is 0. The predicted molar refractivity (Wildman–Crippen MR) is 81.9 cm³/mol. The van der Waals surface area contributed by atoms with Crippen LogP contribution >= 0.6 is 11.9 Å². The monoisotopic (exact) mass is 273 g/mol. The van der Waals surface area contributed by atoms with Gasteiger partial charge in [0.05, 0.1) is 6.26 Å². The Morgan fingerprint density at radius 1 is 1.37 bits per heavy atom. The molecule has 0 heterocycles. The first-order valence-corrected chi connectivity index (χ1v) is 7.26. The zero-order chi connectivity index (χ0) is 13.5. The first-order chi connectivity index (χ1) is 9.28. The molecule has 0 aromatic heterocycles. The molecule has 0 aliphatic heterocycles. The number of rotatable bonds is 5. The number of aliphatic hydroxyl groups is 1. The predicted octanol–water partition coefficient (Wildman–Crippen LogP) is 4.51. The third-order valence-electron chi connectivity index (χ3n) is 3.00. The zero-order valence-corrected chi connectivity index (χ0v) is 11.9. The van der Waals surface area contributed by atoms with E-state index in [1.165, 1.54) is 10.5 Å². The number of benzene rings is 1. The topological polar surface area (TPSA) is 32.3 Å².